The highest BCUT2D eigenvalue weighted by Crippen LogP contribution is 2.13. The van der Waals surface area contributed by atoms with Crippen LogP contribution in [0.1, 0.15) is 33.6 Å². The van der Waals surface area contributed by atoms with Crippen molar-refractivity contribution in [2.24, 2.45) is 11.7 Å². The monoisotopic (exact) mass is 159 g/mol. The summed E-state index contributed by atoms with van der Waals surface area (Å²) >= 11 is 0. The summed E-state index contributed by atoms with van der Waals surface area (Å²) in [5.74, 6) is -0.407. The quantitative estimate of drug-likeness (QED) is 0.648. The van der Waals surface area contributed by atoms with Crippen LogP contribution < -0.4 is 5.73 Å². The van der Waals surface area contributed by atoms with Crippen molar-refractivity contribution in [3.05, 3.63) is 0 Å². The molecule has 0 rings (SSSR count). The predicted molar refractivity (Wildman–Crippen MR) is 44.3 cm³/mol. The van der Waals surface area contributed by atoms with Gasteiger partial charge in [-0.2, -0.15) is 0 Å². The van der Waals surface area contributed by atoms with Gasteiger partial charge in [-0.05, 0) is 25.7 Å². The van der Waals surface area contributed by atoms with Crippen molar-refractivity contribution in [1.82, 2.24) is 0 Å². The van der Waals surface area contributed by atoms with Crippen molar-refractivity contribution in [3.63, 3.8) is 0 Å². The highest BCUT2D eigenvalue weighted by atomic mass is 16.4. The van der Waals surface area contributed by atoms with Crippen molar-refractivity contribution >= 4 is 5.97 Å². The molecule has 0 aromatic carbocycles. The van der Waals surface area contributed by atoms with E-state index in [0.717, 1.165) is 6.42 Å². The molecule has 0 saturated carbocycles. The average molecular weight is 159 g/mol. The van der Waals surface area contributed by atoms with Crippen LogP contribution in [0, 0.1) is 5.92 Å². The Morgan fingerprint density at radius 3 is 2.36 bits per heavy atom. The Balaban J connectivity index is 3.83. The van der Waals surface area contributed by atoms with Crippen molar-refractivity contribution in [2.75, 3.05) is 0 Å². The fourth-order valence-electron chi connectivity index (χ4n) is 0.695. The maximum absolute atomic E-state index is 10.5. The lowest BCUT2D eigenvalue weighted by Crippen LogP contribution is -2.44. The van der Waals surface area contributed by atoms with Crippen LogP contribution >= 0.6 is 0 Å². The van der Waals surface area contributed by atoms with Crippen LogP contribution in [-0.4, -0.2) is 16.6 Å². The van der Waals surface area contributed by atoms with Crippen LogP contribution in [0.4, 0.5) is 0 Å². The fourth-order valence-corrected chi connectivity index (χ4v) is 0.695. The van der Waals surface area contributed by atoms with Gasteiger partial charge in [0.15, 0.2) is 0 Å². The minimum atomic E-state index is -1.05. The number of hydrogen-bond acceptors (Lipinski definition) is 2. The van der Waals surface area contributed by atoms with Crippen molar-refractivity contribution in [2.45, 2.75) is 39.2 Å². The van der Waals surface area contributed by atoms with Crippen LogP contribution in [0.2, 0.25) is 0 Å². The van der Waals surface area contributed by atoms with Gasteiger partial charge in [-0.15, -0.1) is 0 Å². The first-order chi connectivity index (χ1) is 4.86. The Morgan fingerprint density at radius 2 is 2.09 bits per heavy atom. The molecule has 0 aliphatic carbocycles. The molecular weight excluding hydrogens is 142 g/mol. The summed E-state index contributed by atoms with van der Waals surface area (Å²) in [6.45, 7) is 5.66. The summed E-state index contributed by atoms with van der Waals surface area (Å²) < 4.78 is 0. The van der Waals surface area contributed by atoms with Gasteiger partial charge in [0.1, 0.15) is 5.54 Å². The van der Waals surface area contributed by atoms with E-state index in [-0.39, 0.29) is 0 Å². The molecule has 0 aliphatic rings. The lowest BCUT2D eigenvalue weighted by atomic mass is 9.93. The van der Waals surface area contributed by atoms with Crippen molar-refractivity contribution < 1.29 is 9.90 Å². The highest BCUT2D eigenvalue weighted by molar-refractivity contribution is 5.77. The molecular formula is C8H17NO2. The third-order valence-corrected chi connectivity index (χ3v) is 1.73. The standard InChI is InChI=1S/C8H17NO2/c1-6(2)4-5-8(3,9)7(10)11/h6H,4-5,9H2,1-3H3,(H,10,11)/t8-/m0/s1. The second-order valence-corrected chi connectivity index (χ2v) is 3.66. The van der Waals surface area contributed by atoms with Gasteiger partial charge in [-0.3, -0.25) is 4.79 Å². The number of hydrogen-bond donors (Lipinski definition) is 2. The molecule has 0 aromatic heterocycles. The molecule has 0 fully saturated rings. The van der Waals surface area contributed by atoms with E-state index in [1.165, 1.54) is 0 Å². The van der Waals surface area contributed by atoms with Crippen LogP contribution in [0.5, 0.6) is 0 Å². The lowest BCUT2D eigenvalue weighted by molar-refractivity contribution is -0.143. The molecule has 0 radical (unpaired) electrons. The van der Waals surface area contributed by atoms with Gasteiger partial charge in [0.2, 0.25) is 0 Å². The molecule has 0 spiro atoms. The Labute approximate surface area is 67.6 Å². The molecule has 11 heavy (non-hydrogen) atoms. The second kappa shape index (κ2) is 3.72. The van der Waals surface area contributed by atoms with E-state index in [9.17, 15) is 4.79 Å². The Hall–Kier alpha value is -0.570. The normalized spacial score (nSPS) is 16.5. The average Bonchev–Trinajstić information content (AvgIpc) is 1.84. The summed E-state index contributed by atoms with van der Waals surface area (Å²) in [5, 5.41) is 8.63. The number of rotatable bonds is 4. The summed E-state index contributed by atoms with van der Waals surface area (Å²) in [5.41, 5.74) is 4.46. The molecule has 0 heterocycles. The van der Waals surface area contributed by atoms with Gasteiger partial charge in [0.25, 0.3) is 0 Å². The molecule has 1 atom stereocenters. The van der Waals surface area contributed by atoms with Gasteiger partial charge in [0, 0.05) is 0 Å². The zero-order valence-electron chi connectivity index (χ0n) is 7.42. The number of aliphatic carboxylic acids is 1. The molecule has 0 aliphatic heterocycles. The molecule has 66 valence electrons. The van der Waals surface area contributed by atoms with E-state index in [4.69, 9.17) is 10.8 Å². The van der Waals surface area contributed by atoms with E-state index in [2.05, 4.69) is 13.8 Å². The molecule has 0 amide bonds. The molecule has 0 unspecified atom stereocenters. The summed E-state index contributed by atoms with van der Waals surface area (Å²) in [7, 11) is 0. The maximum Gasteiger partial charge on any atom is 0.323 e. The second-order valence-electron chi connectivity index (χ2n) is 3.66. The van der Waals surface area contributed by atoms with Gasteiger partial charge < -0.3 is 10.8 Å². The topological polar surface area (TPSA) is 63.3 Å². The first-order valence-electron chi connectivity index (χ1n) is 3.88. The van der Waals surface area contributed by atoms with Gasteiger partial charge in [0.05, 0.1) is 0 Å². The third-order valence-electron chi connectivity index (χ3n) is 1.73. The van der Waals surface area contributed by atoms with E-state index in [1.54, 1.807) is 6.92 Å². The Bertz CT molecular complexity index is 141. The van der Waals surface area contributed by atoms with Crippen molar-refractivity contribution in [1.29, 1.82) is 0 Å². The Morgan fingerprint density at radius 1 is 1.64 bits per heavy atom. The number of carboxylic acids is 1. The minimum Gasteiger partial charge on any atom is -0.480 e. The first-order valence-corrected chi connectivity index (χ1v) is 3.88. The highest BCUT2D eigenvalue weighted by Gasteiger charge is 2.27. The van der Waals surface area contributed by atoms with Gasteiger partial charge in [-0.25, -0.2) is 0 Å². The van der Waals surface area contributed by atoms with E-state index >= 15 is 0 Å². The van der Waals surface area contributed by atoms with Crippen LogP contribution in [0.15, 0.2) is 0 Å². The smallest absolute Gasteiger partial charge is 0.323 e. The molecule has 0 saturated heterocycles. The van der Waals surface area contributed by atoms with Gasteiger partial charge in [-0.1, -0.05) is 13.8 Å². The largest absolute Gasteiger partial charge is 0.480 e. The summed E-state index contributed by atoms with van der Waals surface area (Å²) in [6, 6.07) is 0. The molecule has 3 heteroatoms. The zero-order chi connectivity index (χ0) is 9.07. The maximum atomic E-state index is 10.5. The molecule has 0 bridgehead atoms. The summed E-state index contributed by atoms with van der Waals surface area (Å²) in [4.78, 5) is 10.5. The van der Waals surface area contributed by atoms with Crippen LogP contribution in [0.3, 0.4) is 0 Å². The summed E-state index contributed by atoms with van der Waals surface area (Å²) in [6.07, 6.45) is 1.40. The van der Waals surface area contributed by atoms with E-state index in [1.807, 2.05) is 0 Å². The molecule has 3 N–H and O–H groups in total. The fraction of sp³-hybridized carbons (Fsp3) is 0.875. The third kappa shape index (κ3) is 3.98. The van der Waals surface area contributed by atoms with Crippen LogP contribution in [-0.2, 0) is 4.79 Å². The van der Waals surface area contributed by atoms with E-state index in [0.29, 0.717) is 12.3 Å². The molecule has 0 aromatic rings. The van der Waals surface area contributed by atoms with Crippen molar-refractivity contribution in [3.8, 4) is 0 Å². The van der Waals surface area contributed by atoms with Gasteiger partial charge >= 0.3 is 5.97 Å². The number of carbonyl (C=O) groups is 1. The number of nitrogens with two attached hydrogens (primary N) is 1. The SMILES string of the molecule is CC(C)CC[C@](C)(N)C(=O)O. The van der Waals surface area contributed by atoms with E-state index < -0.39 is 11.5 Å². The Kier molecular flexibility index (Phi) is 3.52. The lowest BCUT2D eigenvalue weighted by Gasteiger charge is -2.19. The van der Waals surface area contributed by atoms with Crippen LogP contribution in [0.25, 0.3) is 0 Å². The predicted octanol–water partition coefficient (Wildman–Crippen LogP) is 1.22. The zero-order valence-corrected chi connectivity index (χ0v) is 7.42. The first kappa shape index (κ1) is 10.4. The number of carboxylic acid groups (broad SMARTS) is 1. The molecule has 3 nitrogen and oxygen atoms in total. The minimum absolute atomic E-state index is 0.511.